The second-order valence-corrected chi connectivity index (χ2v) is 7.10. The fourth-order valence-corrected chi connectivity index (χ4v) is 3.33. The predicted octanol–water partition coefficient (Wildman–Crippen LogP) is 3.29. The first-order valence-electron chi connectivity index (χ1n) is 7.63. The minimum atomic E-state index is -4.54. The highest BCUT2D eigenvalue weighted by Crippen LogP contribution is 2.24. The average Bonchev–Trinajstić information content (AvgIpc) is 2.54. The SMILES string of the molecule is CC[C@H](C)NC(=O)c1ccccc1NS(=O)(=O)c1c(F)cccc1F. The van der Waals surface area contributed by atoms with E-state index in [2.05, 4.69) is 10.0 Å². The lowest BCUT2D eigenvalue weighted by molar-refractivity contribution is 0.0940. The lowest BCUT2D eigenvalue weighted by Gasteiger charge is -2.15. The number of carbonyl (C=O) groups is 1. The Balaban J connectivity index is 2.39. The molecule has 0 heterocycles. The van der Waals surface area contributed by atoms with Crippen LogP contribution in [-0.4, -0.2) is 20.4 Å². The van der Waals surface area contributed by atoms with Crippen LogP contribution in [0.25, 0.3) is 0 Å². The summed E-state index contributed by atoms with van der Waals surface area (Å²) in [6.45, 7) is 3.69. The molecule has 134 valence electrons. The van der Waals surface area contributed by atoms with Crippen LogP contribution in [0.1, 0.15) is 30.6 Å². The molecule has 2 aromatic carbocycles. The number of carbonyl (C=O) groups excluding carboxylic acids is 1. The maximum atomic E-state index is 13.8. The van der Waals surface area contributed by atoms with Gasteiger partial charge in [0.25, 0.3) is 15.9 Å². The van der Waals surface area contributed by atoms with Crippen LogP contribution in [0.3, 0.4) is 0 Å². The second-order valence-electron chi connectivity index (χ2n) is 5.48. The molecule has 2 rings (SSSR count). The smallest absolute Gasteiger partial charge is 0.267 e. The number of hydrogen-bond donors (Lipinski definition) is 2. The highest BCUT2D eigenvalue weighted by Gasteiger charge is 2.25. The van der Waals surface area contributed by atoms with E-state index < -0.39 is 32.5 Å². The first-order chi connectivity index (χ1) is 11.8. The largest absolute Gasteiger partial charge is 0.350 e. The number of halogens is 2. The van der Waals surface area contributed by atoms with Crippen molar-refractivity contribution in [2.45, 2.75) is 31.2 Å². The third kappa shape index (κ3) is 4.33. The van der Waals surface area contributed by atoms with Gasteiger partial charge in [-0.15, -0.1) is 0 Å². The van der Waals surface area contributed by atoms with E-state index in [9.17, 15) is 22.0 Å². The Morgan fingerprint density at radius 1 is 1.08 bits per heavy atom. The van der Waals surface area contributed by atoms with E-state index in [0.29, 0.717) is 6.42 Å². The third-order valence-corrected chi connectivity index (χ3v) is 5.01. The Hall–Kier alpha value is -2.48. The number of hydrogen-bond acceptors (Lipinski definition) is 3. The van der Waals surface area contributed by atoms with Gasteiger partial charge in [-0.2, -0.15) is 0 Å². The molecule has 1 atom stereocenters. The summed E-state index contributed by atoms with van der Waals surface area (Å²) in [6, 6.07) is 8.49. The summed E-state index contributed by atoms with van der Waals surface area (Å²) in [5, 5.41) is 2.71. The van der Waals surface area contributed by atoms with Gasteiger partial charge < -0.3 is 5.32 Å². The Morgan fingerprint density at radius 3 is 2.28 bits per heavy atom. The topological polar surface area (TPSA) is 75.3 Å². The van der Waals surface area contributed by atoms with Crippen LogP contribution in [0.2, 0.25) is 0 Å². The van der Waals surface area contributed by atoms with Gasteiger partial charge in [-0.1, -0.05) is 25.1 Å². The van der Waals surface area contributed by atoms with Crippen molar-refractivity contribution in [1.82, 2.24) is 5.32 Å². The van der Waals surface area contributed by atoms with Gasteiger partial charge in [0.2, 0.25) is 0 Å². The van der Waals surface area contributed by atoms with Crippen molar-refractivity contribution in [1.29, 1.82) is 0 Å². The number of benzene rings is 2. The molecule has 25 heavy (non-hydrogen) atoms. The Kier molecular flexibility index (Phi) is 5.73. The summed E-state index contributed by atoms with van der Waals surface area (Å²) < 4.78 is 54.4. The number of nitrogens with one attached hydrogen (secondary N) is 2. The summed E-state index contributed by atoms with van der Waals surface area (Å²) in [7, 11) is -4.54. The minimum absolute atomic E-state index is 0.0584. The Labute approximate surface area is 145 Å². The number of rotatable bonds is 6. The zero-order valence-corrected chi connectivity index (χ0v) is 14.5. The summed E-state index contributed by atoms with van der Waals surface area (Å²) in [4.78, 5) is 11.2. The molecule has 1 amide bonds. The Morgan fingerprint density at radius 2 is 1.68 bits per heavy atom. The van der Waals surface area contributed by atoms with E-state index in [1.54, 1.807) is 13.0 Å². The van der Waals surface area contributed by atoms with Gasteiger partial charge in [0.1, 0.15) is 11.6 Å². The van der Waals surface area contributed by atoms with E-state index in [1.165, 1.54) is 18.2 Å². The Bertz CT molecular complexity index is 865. The molecule has 0 spiro atoms. The molecule has 0 unspecified atom stereocenters. The number of sulfonamides is 1. The first kappa shape index (κ1) is 18.9. The van der Waals surface area contributed by atoms with Gasteiger partial charge in [-0.3, -0.25) is 9.52 Å². The quantitative estimate of drug-likeness (QED) is 0.822. The average molecular weight is 368 g/mol. The molecule has 0 saturated heterocycles. The highest BCUT2D eigenvalue weighted by molar-refractivity contribution is 7.92. The molecule has 8 heteroatoms. The van der Waals surface area contributed by atoms with Crippen molar-refractivity contribution in [3.05, 3.63) is 59.7 Å². The lowest BCUT2D eigenvalue weighted by atomic mass is 10.1. The van der Waals surface area contributed by atoms with Gasteiger partial charge in [-0.05, 0) is 37.6 Å². The molecule has 5 nitrogen and oxygen atoms in total. The zero-order chi connectivity index (χ0) is 18.6. The van der Waals surface area contributed by atoms with E-state index in [1.807, 2.05) is 6.92 Å². The van der Waals surface area contributed by atoms with Crippen molar-refractivity contribution < 1.29 is 22.0 Å². The van der Waals surface area contributed by atoms with Crippen molar-refractivity contribution in [2.75, 3.05) is 4.72 Å². The van der Waals surface area contributed by atoms with E-state index in [0.717, 1.165) is 18.2 Å². The lowest BCUT2D eigenvalue weighted by Crippen LogP contribution is -2.32. The van der Waals surface area contributed by atoms with Crippen LogP contribution in [-0.2, 0) is 10.0 Å². The molecular weight excluding hydrogens is 350 g/mol. The molecule has 0 aliphatic rings. The molecule has 0 fully saturated rings. The molecule has 0 aromatic heterocycles. The number of amides is 1. The van der Waals surface area contributed by atoms with Crippen LogP contribution in [0.4, 0.5) is 14.5 Å². The van der Waals surface area contributed by atoms with E-state index in [4.69, 9.17) is 0 Å². The summed E-state index contributed by atoms with van der Waals surface area (Å²) in [5.41, 5.74) is -0.00548. The van der Waals surface area contributed by atoms with Crippen LogP contribution in [0.5, 0.6) is 0 Å². The molecule has 2 aromatic rings. The first-order valence-corrected chi connectivity index (χ1v) is 9.11. The van der Waals surface area contributed by atoms with Gasteiger partial charge in [-0.25, -0.2) is 17.2 Å². The fourth-order valence-electron chi connectivity index (χ4n) is 2.11. The molecule has 2 N–H and O–H groups in total. The van der Waals surface area contributed by atoms with Gasteiger partial charge in [0.05, 0.1) is 11.3 Å². The molecule has 0 aliphatic carbocycles. The highest BCUT2D eigenvalue weighted by atomic mass is 32.2. The monoisotopic (exact) mass is 368 g/mol. The minimum Gasteiger partial charge on any atom is -0.350 e. The molecule has 0 radical (unpaired) electrons. The van der Waals surface area contributed by atoms with Crippen LogP contribution >= 0.6 is 0 Å². The van der Waals surface area contributed by atoms with Gasteiger partial charge >= 0.3 is 0 Å². The van der Waals surface area contributed by atoms with Crippen molar-refractivity contribution >= 4 is 21.6 Å². The maximum Gasteiger partial charge on any atom is 0.267 e. The normalized spacial score (nSPS) is 12.5. The second kappa shape index (κ2) is 7.60. The van der Waals surface area contributed by atoms with Crippen molar-refractivity contribution in [3.8, 4) is 0 Å². The van der Waals surface area contributed by atoms with Gasteiger partial charge in [0.15, 0.2) is 4.90 Å². The standard InChI is InChI=1S/C17H18F2N2O3S/c1-3-11(2)20-17(22)12-7-4-5-10-15(12)21-25(23,24)16-13(18)8-6-9-14(16)19/h4-11,21H,3H2,1-2H3,(H,20,22)/t11-/m0/s1. The van der Waals surface area contributed by atoms with Crippen LogP contribution in [0, 0.1) is 11.6 Å². The van der Waals surface area contributed by atoms with Crippen LogP contribution < -0.4 is 10.0 Å². The molecule has 0 aliphatic heterocycles. The van der Waals surface area contributed by atoms with E-state index in [-0.39, 0.29) is 17.3 Å². The molecule has 0 bridgehead atoms. The fraction of sp³-hybridized carbons (Fsp3) is 0.235. The molecule has 0 saturated carbocycles. The summed E-state index contributed by atoms with van der Waals surface area (Å²) in [5.74, 6) is -2.91. The number of anilines is 1. The van der Waals surface area contributed by atoms with E-state index >= 15 is 0 Å². The van der Waals surface area contributed by atoms with Gasteiger partial charge in [0, 0.05) is 6.04 Å². The number of para-hydroxylation sites is 1. The predicted molar refractivity (Wildman–Crippen MR) is 90.8 cm³/mol. The third-order valence-electron chi connectivity index (χ3n) is 3.59. The summed E-state index contributed by atoms with van der Waals surface area (Å²) in [6.07, 6.45) is 0.695. The van der Waals surface area contributed by atoms with Crippen molar-refractivity contribution in [2.24, 2.45) is 0 Å². The van der Waals surface area contributed by atoms with Crippen LogP contribution in [0.15, 0.2) is 47.4 Å². The van der Waals surface area contributed by atoms with Crippen molar-refractivity contribution in [3.63, 3.8) is 0 Å². The molecular formula is C17H18F2N2O3S. The zero-order valence-electron chi connectivity index (χ0n) is 13.7. The maximum absolute atomic E-state index is 13.8. The summed E-state index contributed by atoms with van der Waals surface area (Å²) >= 11 is 0.